The van der Waals surface area contributed by atoms with Crippen LogP contribution < -0.4 is 9.80 Å². The lowest BCUT2D eigenvalue weighted by Crippen LogP contribution is -2.27. The molecule has 0 amide bonds. The van der Waals surface area contributed by atoms with E-state index in [1.807, 2.05) is 18.3 Å². The molecule has 2 heterocycles. The lowest BCUT2D eigenvalue weighted by molar-refractivity contribution is 0.738. The molecular formula is C21H22N4. The van der Waals surface area contributed by atoms with Crippen molar-refractivity contribution in [1.82, 2.24) is 9.97 Å². The van der Waals surface area contributed by atoms with Gasteiger partial charge in [-0.3, -0.25) is 0 Å². The highest BCUT2D eigenvalue weighted by molar-refractivity contribution is 5.68. The molecular weight excluding hydrogens is 308 g/mol. The molecule has 1 aromatic heterocycles. The smallest absolute Gasteiger partial charge is 0.232 e. The molecule has 0 saturated carbocycles. The molecule has 4 nitrogen and oxygen atoms in total. The van der Waals surface area contributed by atoms with Crippen molar-refractivity contribution in [2.75, 3.05) is 16.3 Å². The number of hydrogen-bond acceptors (Lipinski definition) is 4. The van der Waals surface area contributed by atoms with Crippen LogP contribution in [0.25, 0.3) is 0 Å². The number of hydrogen-bond donors (Lipinski definition) is 0. The Morgan fingerprint density at radius 1 is 1.04 bits per heavy atom. The summed E-state index contributed by atoms with van der Waals surface area (Å²) in [5.41, 5.74) is 3.72. The van der Waals surface area contributed by atoms with Crippen molar-refractivity contribution in [1.29, 1.82) is 0 Å². The minimum absolute atomic E-state index is 0.361. The van der Waals surface area contributed by atoms with Gasteiger partial charge < -0.3 is 9.80 Å². The van der Waals surface area contributed by atoms with Gasteiger partial charge in [0.15, 0.2) is 0 Å². The third kappa shape index (κ3) is 2.84. The van der Waals surface area contributed by atoms with Gasteiger partial charge in [-0.15, -0.1) is 0 Å². The summed E-state index contributed by atoms with van der Waals surface area (Å²) >= 11 is 0. The first-order valence-corrected chi connectivity index (χ1v) is 8.80. The number of nitrogens with zero attached hydrogens (tertiary/aromatic N) is 4. The Balaban J connectivity index is 1.73. The second-order valence-corrected chi connectivity index (χ2v) is 6.35. The zero-order valence-electron chi connectivity index (χ0n) is 14.6. The van der Waals surface area contributed by atoms with Crippen molar-refractivity contribution in [3.8, 4) is 0 Å². The van der Waals surface area contributed by atoms with E-state index in [0.29, 0.717) is 6.04 Å². The van der Waals surface area contributed by atoms with Crippen molar-refractivity contribution < 1.29 is 0 Å². The van der Waals surface area contributed by atoms with Crippen molar-refractivity contribution >= 4 is 23.1 Å². The molecule has 1 aliphatic heterocycles. The quantitative estimate of drug-likeness (QED) is 0.693. The zero-order valence-corrected chi connectivity index (χ0v) is 14.6. The SMILES string of the molecule is CCN(c1ccccc1)c1ccnc(N2c3ccccc3CC2C)n1. The maximum absolute atomic E-state index is 4.89. The zero-order chi connectivity index (χ0) is 17.2. The monoisotopic (exact) mass is 330 g/mol. The summed E-state index contributed by atoms with van der Waals surface area (Å²) in [6.07, 6.45) is 2.89. The van der Waals surface area contributed by atoms with Gasteiger partial charge in [-0.2, -0.15) is 4.98 Å². The number of anilines is 4. The van der Waals surface area contributed by atoms with Gasteiger partial charge in [0.25, 0.3) is 0 Å². The Hall–Kier alpha value is -2.88. The van der Waals surface area contributed by atoms with Crippen molar-refractivity contribution in [2.45, 2.75) is 26.3 Å². The summed E-state index contributed by atoms with van der Waals surface area (Å²) in [5.74, 6) is 1.69. The maximum Gasteiger partial charge on any atom is 0.232 e. The normalized spacial score (nSPS) is 15.9. The van der Waals surface area contributed by atoms with Crippen molar-refractivity contribution in [3.63, 3.8) is 0 Å². The van der Waals surface area contributed by atoms with Gasteiger partial charge in [0.2, 0.25) is 5.95 Å². The number of benzene rings is 2. The molecule has 1 unspecified atom stereocenters. The Labute approximate surface area is 148 Å². The van der Waals surface area contributed by atoms with E-state index < -0.39 is 0 Å². The largest absolute Gasteiger partial charge is 0.327 e. The van der Waals surface area contributed by atoms with Crippen molar-refractivity contribution in [2.24, 2.45) is 0 Å². The molecule has 0 radical (unpaired) electrons. The van der Waals surface area contributed by atoms with Crippen LogP contribution in [0.15, 0.2) is 66.9 Å². The molecule has 4 heteroatoms. The van der Waals surface area contributed by atoms with Crippen LogP contribution in [0, 0.1) is 0 Å². The van der Waals surface area contributed by atoms with E-state index in [1.54, 1.807) is 0 Å². The molecule has 1 aliphatic rings. The second-order valence-electron chi connectivity index (χ2n) is 6.35. The van der Waals surface area contributed by atoms with Crippen LogP contribution in [-0.4, -0.2) is 22.6 Å². The third-order valence-corrected chi connectivity index (χ3v) is 4.71. The molecule has 126 valence electrons. The molecule has 25 heavy (non-hydrogen) atoms. The molecule has 4 rings (SSSR count). The molecule has 0 saturated heterocycles. The standard InChI is InChI=1S/C21H22N4/c1-3-24(18-10-5-4-6-11-18)20-13-14-22-21(23-20)25-16(2)15-17-9-7-8-12-19(17)25/h4-14,16H,3,15H2,1-2H3. The van der Waals surface area contributed by atoms with Gasteiger partial charge in [0.1, 0.15) is 5.82 Å². The first kappa shape index (κ1) is 15.6. The van der Waals surface area contributed by atoms with Gasteiger partial charge in [-0.25, -0.2) is 4.98 Å². The molecule has 0 fully saturated rings. The number of aromatic nitrogens is 2. The number of rotatable bonds is 4. The van der Waals surface area contributed by atoms with Gasteiger partial charge in [0, 0.05) is 30.2 Å². The first-order valence-electron chi connectivity index (χ1n) is 8.80. The molecule has 1 atom stereocenters. The highest BCUT2D eigenvalue weighted by Crippen LogP contribution is 2.37. The van der Waals surface area contributed by atoms with Gasteiger partial charge in [0.05, 0.1) is 0 Å². The average molecular weight is 330 g/mol. The Bertz CT molecular complexity index is 863. The molecule has 0 spiro atoms. The van der Waals surface area contributed by atoms with Gasteiger partial charge in [-0.05, 0) is 50.1 Å². The molecule has 3 aromatic rings. The number of para-hydroxylation sites is 2. The van der Waals surface area contributed by atoms with Crippen LogP contribution in [0.3, 0.4) is 0 Å². The summed E-state index contributed by atoms with van der Waals surface area (Å²) in [6, 6.07) is 21.2. The fourth-order valence-corrected chi connectivity index (χ4v) is 3.56. The van der Waals surface area contributed by atoms with Crippen LogP contribution in [0.1, 0.15) is 19.4 Å². The van der Waals surface area contributed by atoms with E-state index in [9.17, 15) is 0 Å². The number of fused-ring (bicyclic) bond motifs is 1. The van der Waals surface area contributed by atoms with Crippen LogP contribution in [0.2, 0.25) is 0 Å². The Morgan fingerprint density at radius 3 is 2.60 bits per heavy atom. The maximum atomic E-state index is 4.89. The summed E-state index contributed by atoms with van der Waals surface area (Å²) in [7, 11) is 0. The predicted molar refractivity (Wildman–Crippen MR) is 103 cm³/mol. The topological polar surface area (TPSA) is 32.3 Å². The summed E-state index contributed by atoms with van der Waals surface area (Å²) < 4.78 is 0. The minimum Gasteiger partial charge on any atom is -0.327 e. The molecule has 0 aliphatic carbocycles. The lowest BCUT2D eigenvalue weighted by Gasteiger charge is -2.26. The lowest BCUT2D eigenvalue weighted by atomic mass is 10.1. The highest BCUT2D eigenvalue weighted by Gasteiger charge is 2.29. The minimum atomic E-state index is 0.361. The third-order valence-electron chi connectivity index (χ3n) is 4.71. The van der Waals surface area contributed by atoms with Gasteiger partial charge >= 0.3 is 0 Å². The highest BCUT2D eigenvalue weighted by atomic mass is 15.3. The molecule has 0 N–H and O–H groups in total. The van der Waals surface area contributed by atoms with E-state index in [1.165, 1.54) is 11.3 Å². The van der Waals surface area contributed by atoms with E-state index in [2.05, 4.69) is 77.2 Å². The van der Waals surface area contributed by atoms with Crippen LogP contribution >= 0.6 is 0 Å². The van der Waals surface area contributed by atoms with Crippen LogP contribution in [0.4, 0.5) is 23.1 Å². The van der Waals surface area contributed by atoms with E-state index >= 15 is 0 Å². The van der Waals surface area contributed by atoms with E-state index in [0.717, 1.165) is 30.4 Å². The predicted octanol–water partition coefficient (Wildman–Crippen LogP) is 4.72. The first-order chi connectivity index (χ1) is 12.3. The molecule has 0 bridgehead atoms. The fraction of sp³-hybridized carbons (Fsp3) is 0.238. The summed E-state index contributed by atoms with van der Waals surface area (Å²) in [4.78, 5) is 13.9. The Morgan fingerprint density at radius 2 is 1.80 bits per heavy atom. The average Bonchev–Trinajstić information content (AvgIpc) is 2.99. The fourth-order valence-electron chi connectivity index (χ4n) is 3.56. The second kappa shape index (κ2) is 6.55. The summed E-state index contributed by atoms with van der Waals surface area (Å²) in [5, 5.41) is 0. The van der Waals surface area contributed by atoms with E-state index in [-0.39, 0.29) is 0 Å². The van der Waals surface area contributed by atoms with E-state index in [4.69, 9.17) is 4.98 Å². The Kier molecular flexibility index (Phi) is 4.10. The van der Waals surface area contributed by atoms with Crippen LogP contribution in [-0.2, 0) is 6.42 Å². The van der Waals surface area contributed by atoms with Gasteiger partial charge in [-0.1, -0.05) is 36.4 Å². The van der Waals surface area contributed by atoms with Crippen molar-refractivity contribution in [3.05, 3.63) is 72.4 Å². The van der Waals surface area contributed by atoms with Crippen LogP contribution in [0.5, 0.6) is 0 Å². The molecule has 2 aromatic carbocycles. The summed E-state index contributed by atoms with van der Waals surface area (Å²) in [6.45, 7) is 5.22.